The van der Waals surface area contributed by atoms with E-state index in [1.165, 1.54) is 4.90 Å². The summed E-state index contributed by atoms with van der Waals surface area (Å²) in [5, 5.41) is 0.800. The molecule has 0 saturated carbocycles. The molecule has 0 N–H and O–H groups in total. The van der Waals surface area contributed by atoms with Gasteiger partial charge in [0.1, 0.15) is 12.4 Å². The quantitative estimate of drug-likeness (QED) is 0.186. The lowest BCUT2D eigenvalue weighted by atomic mass is 10.2. The van der Waals surface area contributed by atoms with Crippen molar-refractivity contribution in [3.8, 4) is 5.75 Å². The van der Waals surface area contributed by atoms with Gasteiger partial charge in [0.15, 0.2) is 0 Å². The zero-order valence-electron chi connectivity index (χ0n) is 17.2. The topological polar surface area (TPSA) is 46.6 Å². The molecule has 0 unspecified atom stereocenters. The molecular formula is C24H14Br2Cl2INO3S. The van der Waals surface area contributed by atoms with Gasteiger partial charge in [-0.25, -0.2) is 0 Å². The van der Waals surface area contributed by atoms with E-state index in [1.54, 1.807) is 18.2 Å². The maximum atomic E-state index is 12.9. The van der Waals surface area contributed by atoms with Crippen LogP contribution < -0.4 is 4.74 Å². The van der Waals surface area contributed by atoms with Crippen LogP contribution in [-0.4, -0.2) is 16.0 Å². The van der Waals surface area contributed by atoms with Crippen molar-refractivity contribution < 1.29 is 14.3 Å². The van der Waals surface area contributed by atoms with Gasteiger partial charge in [-0.05, 0) is 120 Å². The van der Waals surface area contributed by atoms with Crippen LogP contribution in [0.4, 0.5) is 4.79 Å². The number of nitrogens with zero attached hydrogens (tertiary/aromatic N) is 1. The number of imide groups is 1. The van der Waals surface area contributed by atoms with Crippen molar-refractivity contribution in [1.29, 1.82) is 0 Å². The van der Waals surface area contributed by atoms with Gasteiger partial charge < -0.3 is 4.74 Å². The number of hydrogen-bond donors (Lipinski definition) is 0. The summed E-state index contributed by atoms with van der Waals surface area (Å²) in [6.45, 7) is 0.496. The van der Waals surface area contributed by atoms with Gasteiger partial charge in [-0.2, -0.15) is 0 Å². The Kier molecular flexibility index (Phi) is 8.69. The van der Waals surface area contributed by atoms with Crippen LogP contribution in [0.5, 0.6) is 5.75 Å². The van der Waals surface area contributed by atoms with Crippen LogP contribution in [0.25, 0.3) is 6.08 Å². The van der Waals surface area contributed by atoms with Crippen molar-refractivity contribution in [3.05, 3.63) is 98.8 Å². The molecule has 10 heteroatoms. The first kappa shape index (κ1) is 26.0. The molecule has 4 nitrogen and oxygen atoms in total. The fourth-order valence-corrected chi connectivity index (χ4v) is 6.26. The summed E-state index contributed by atoms with van der Waals surface area (Å²) >= 11 is 22.4. The molecule has 34 heavy (non-hydrogen) atoms. The number of halogens is 5. The first-order valence-corrected chi connectivity index (χ1v) is 14.0. The van der Waals surface area contributed by atoms with E-state index in [-0.39, 0.29) is 24.3 Å². The molecular weight excluding hydrogens is 740 g/mol. The molecule has 1 fully saturated rings. The number of rotatable bonds is 6. The van der Waals surface area contributed by atoms with Crippen LogP contribution >= 0.6 is 89.4 Å². The highest BCUT2D eigenvalue weighted by Crippen LogP contribution is 2.38. The monoisotopic (exact) mass is 751 g/mol. The first-order chi connectivity index (χ1) is 16.2. The Balaban J connectivity index is 1.50. The second-order valence-corrected chi connectivity index (χ2v) is 12.0. The summed E-state index contributed by atoms with van der Waals surface area (Å²) in [7, 11) is 0. The fourth-order valence-electron chi connectivity index (χ4n) is 3.15. The second kappa shape index (κ2) is 11.3. The number of carbonyl (C=O) groups excluding carboxylic acids is 2. The van der Waals surface area contributed by atoms with Crippen LogP contribution in [0.3, 0.4) is 0 Å². The molecule has 3 aromatic carbocycles. The molecule has 0 atom stereocenters. The van der Waals surface area contributed by atoms with Gasteiger partial charge in [0.25, 0.3) is 11.1 Å². The van der Waals surface area contributed by atoms with Crippen molar-refractivity contribution in [2.45, 2.75) is 13.2 Å². The highest BCUT2D eigenvalue weighted by atomic mass is 127. The smallest absolute Gasteiger partial charge is 0.293 e. The number of amides is 2. The van der Waals surface area contributed by atoms with E-state index < -0.39 is 0 Å². The summed E-state index contributed by atoms with van der Waals surface area (Å²) < 4.78 is 8.43. The summed E-state index contributed by atoms with van der Waals surface area (Å²) in [6.07, 6.45) is 1.70. The SMILES string of the molecule is O=C1S/C(=C\c2cc(Br)c(OCc3ccc(Cl)cc3Cl)c(Br)c2)C(=O)N1Cc1ccc(I)cc1. The minimum atomic E-state index is -0.307. The van der Waals surface area contributed by atoms with Gasteiger partial charge in [-0.15, -0.1) is 0 Å². The number of ether oxygens (including phenoxy) is 1. The molecule has 4 rings (SSSR count). The Hall–Kier alpha value is -1.04. The van der Waals surface area contributed by atoms with Gasteiger partial charge in [0, 0.05) is 19.2 Å². The van der Waals surface area contributed by atoms with E-state index in [0.29, 0.717) is 29.6 Å². The van der Waals surface area contributed by atoms with Crippen molar-refractivity contribution in [1.82, 2.24) is 4.90 Å². The van der Waals surface area contributed by atoms with E-state index in [1.807, 2.05) is 42.5 Å². The fraction of sp³-hybridized carbons (Fsp3) is 0.0833. The zero-order chi connectivity index (χ0) is 24.4. The third kappa shape index (κ3) is 6.20. The van der Waals surface area contributed by atoms with E-state index >= 15 is 0 Å². The van der Waals surface area contributed by atoms with Crippen molar-refractivity contribution in [3.63, 3.8) is 0 Å². The summed E-state index contributed by atoms with van der Waals surface area (Å²) in [4.78, 5) is 27.0. The number of benzene rings is 3. The van der Waals surface area contributed by atoms with Gasteiger partial charge in [-0.1, -0.05) is 41.4 Å². The third-order valence-electron chi connectivity index (χ3n) is 4.83. The molecule has 0 aliphatic carbocycles. The van der Waals surface area contributed by atoms with E-state index in [9.17, 15) is 9.59 Å². The highest BCUT2D eigenvalue weighted by Gasteiger charge is 2.35. The van der Waals surface area contributed by atoms with Crippen LogP contribution in [0.1, 0.15) is 16.7 Å². The summed E-state index contributed by atoms with van der Waals surface area (Å²) in [5.74, 6) is 0.286. The Labute approximate surface area is 241 Å². The molecule has 0 bridgehead atoms. The molecule has 0 aromatic heterocycles. The van der Waals surface area contributed by atoms with Crippen LogP contribution in [0.2, 0.25) is 10.0 Å². The lowest BCUT2D eigenvalue weighted by Crippen LogP contribution is -2.27. The second-order valence-electron chi connectivity index (χ2n) is 7.23. The number of hydrogen-bond acceptors (Lipinski definition) is 4. The Bertz CT molecular complexity index is 1300. The van der Waals surface area contributed by atoms with Crippen LogP contribution in [0.15, 0.2) is 68.4 Å². The molecule has 1 saturated heterocycles. The molecule has 174 valence electrons. The third-order valence-corrected chi connectivity index (χ3v) is 8.22. The lowest BCUT2D eigenvalue weighted by Gasteiger charge is -2.13. The standard InChI is InChI=1S/C24H14Br2Cl2INO3S/c25-18-7-14(8-19(26)22(18)33-12-15-3-4-16(27)10-20(15)28)9-21-23(31)30(24(32)34-21)11-13-1-5-17(29)6-2-13/h1-10H,11-12H2/b21-9-. The highest BCUT2D eigenvalue weighted by molar-refractivity contribution is 14.1. The molecule has 1 aliphatic heterocycles. The Morgan fingerprint density at radius 3 is 2.32 bits per heavy atom. The molecule has 3 aromatic rings. The molecule has 2 amide bonds. The van der Waals surface area contributed by atoms with E-state index in [0.717, 1.165) is 32.0 Å². The van der Waals surface area contributed by atoms with E-state index in [2.05, 4.69) is 54.5 Å². The Morgan fingerprint density at radius 1 is 1.00 bits per heavy atom. The van der Waals surface area contributed by atoms with Crippen LogP contribution in [-0.2, 0) is 17.9 Å². The predicted molar refractivity (Wildman–Crippen MR) is 153 cm³/mol. The minimum absolute atomic E-state index is 0.242. The first-order valence-electron chi connectivity index (χ1n) is 9.77. The maximum absolute atomic E-state index is 12.9. The molecule has 1 aliphatic rings. The molecule has 0 spiro atoms. The number of carbonyl (C=O) groups is 2. The summed E-state index contributed by atoms with van der Waals surface area (Å²) in [5.41, 5.74) is 2.45. The largest absolute Gasteiger partial charge is 0.486 e. The average Bonchev–Trinajstić information content (AvgIpc) is 3.03. The maximum Gasteiger partial charge on any atom is 0.293 e. The van der Waals surface area contributed by atoms with Gasteiger partial charge >= 0.3 is 0 Å². The zero-order valence-corrected chi connectivity index (χ0v) is 24.8. The predicted octanol–water partition coefficient (Wildman–Crippen LogP) is 8.94. The normalized spacial score (nSPS) is 14.9. The van der Waals surface area contributed by atoms with Gasteiger partial charge in [-0.3, -0.25) is 14.5 Å². The minimum Gasteiger partial charge on any atom is -0.486 e. The number of thioether (sulfide) groups is 1. The van der Waals surface area contributed by atoms with Crippen LogP contribution in [0, 0.1) is 3.57 Å². The Morgan fingerprint density at radius 2 is 1.68 bits per heavy atom. The molecule has 1 heterocycles. The van der Waals surface area contributed by atoms with Crippen molar-refractivity contribution in [2.75, 3.05) is 0 Å². The lowest BCUT2D eigenvalue weighted by molar-refractivity contribution is -0.123. The van der Waals surface area contributed by atoms with E-state index in [4.69, 9.17) is 27.9 Å². The van der Waals surface area contributed by atoms with Crippen molar-refractivity contribution in [2.24, 2.45) is 0 Å². The van der Waals surface area contributed by atoms with Crippen molar-refractivity contribution >= 4 is 107 Å². The average molecular weight is 754 g/mol. The summed E-state index contributed by atoms with van der Waals surface area (Å²) in [6, 6.07) is 16.6. The molecule has 0 radical (unpaired) electrons. The van der Waals surface area contributed by atoms with Gasteiger partial charge in [0.2, 0.25) is 0 Å². The van der Waals surface area contributed by atoms with Gasteiger partial charge in [0.05, 0.1) is 20.4 Å².